The predicted octanol–water partition coefficient (Wildman–Crippen LogP) is 1.80. The number of nitrogens with one attached hydrogen (secondary N) is 2. The summed E-state index contributed by atoms with van der Waals surface area (Å²) in [6.45, 7) is 8.86. The van der Waals surface area contributed by atoms with Crippen LogP contribution < -0.4 is 10.6 Å². The van der Waals surface area contributed by atoms with Crippen LogP contribution in [0.1, 0.15) is 25.0 Å². The van der Waals surface area contributed by atoms with E-state index in [2.05, 4.69) is 55.7 Å². The standard InChI is InChI=1S/C16H24N2O2.ClH/c1-12-5-4-6-13(9-12)16(2,3)11-18-15(19)14-10-20-8-7-17-14;/h4-6,9,14,17H,7-8,10-11H2,1-3H3,(H,18,19);1H. The summed E-state index contributed by atoms with van der Waals surface area (Å²) in [5.41, 5.74) is 2.40. The lowest BCUT2D eigenvalue weighted by Gasteiger charge is -2.28. The maximum absolute atomic E-state index is 12.1. The summed E-state index contributed by atoms with van der Waals surface area (Å²) >= 11 is 0. The van der Waals surface area contributed by atoms with E-state index in [0.717, 1.165) is 6.54 Å². The molecule has 0 radical (unpaired) electrons. The molecule has 1 fully saturated rings. The monoisotopic (exact) mass is 312 g/mol. The average molecular weight is 313 g/mol. The van der Waals surface area contributed by atoms with Gasteiger partial charge in [-0.15, -0.1) is 12.4 Å². The van der Waals surface area contributed by atoms with Crippen LogP contribution in [0.5, 0.6) is 0 Å². The number of amides is 1. The quantitative estimate of drug-likeness (QED) is 0.891. The number of halogens is 1. The minimum Gasteiger partial charge on any atom is -0.378 e. The number of carbonyl (C=O) groups excluding carboxylic acids is 1. The molecule has 2 N–H and O–H groups in total. The van der Waals surface area contributed by atoms with Crippen molar-refractivity contribution < 1.29 is 9.53 Å². The van der Waals surface area contributed by atoms with Crippen LogP contribution in [0.3, 0.4) is 0 Å². The van der Waals surface area contributed by atoms with Gasteiger partial charge in [0, 0.05) is 18.5 Å². The summed E-state index contributed by atoms with van der Waals surface area (Å²) in [4.78, 5) is 12.1. The van der Waals surface area contributed by atoms with Crippen molar-refractivity contribution >= 4 is 18.3 Å². The van der Waals surface area contributed by atoms with Crippen molar-refractivity contribution in [2.75, 3.05) is 26.3 Å². The summed E-state index contributed by atoms with van der Waals surface area (Å²) in [5, 5.41) is 6.20. The van der Waals surface area contributed by atoms with Crippen molar-refractivity contribution in [3.63, 3.8) is 0 Å². The predicted molar refractivity (Wildman–Crippen MR) is 87.1 cm³/mol. The molecule has 2 rings (SSSR count). The molecule has 1 saturated heterocycles. The lowest BCUT2D eigenvalue weighted by atomic mass is 9.84. The number of benzene rings is 1. The van der Waals surface area contributed by atoms with Crippen molar-refractivity contribution in [3.05, 3.63) is 35.4 Å². The zero-order chi connectivity index (χ0) is 14.6. The van der Waals surface area contributed by atoms with Gasteiger partial charge in [-0.1, -0.05) is 43.7 Å². The molecule has 1 heterocycles. The molecule has 1 amide bonds. The fourth-order valence-corrected chi connectivity index (χ4v) is 2.33. The summed E-state index contributed by atoms with van der Waals surface area (Å²) in [5.74, 6) is 0.0189. The molecular weight excluding hydrogens is 288 g/mol. The minimum absolute atomic E-state index is 0. The van der Waals surface area contributed by atoms with Gasteiger partial charge in [-0.3, -0.25) is 4.79 Å². The number of hydrogen-bond acceptors (Lipinski definition) is 3. The first-order chi connectivity index (χ1) is 9.49. The highest BCUT2D eigenvalue weighted by Gasteiger charge is 2.25. The molecule has 0 aliphatic carbocycles. The van der Waals surface area contributed by atoms with E-state index in [-0.39, 0.29) is 29.8 Å². The molecule has 118 valence electrons. The summed E-state index contributed by atoms with van der Waals surface area (Å²) < 4.78 is 5.31. The highest BCUT2D eigenvalue weighted by atomic mass is 35.5. The van der Waals surface area contributed by atoms with E-state index in [1.54, 1.807) is 0 Å². The fourth-order valence-electron chi connectivity index (χ4n) is 2.33. The zero-order valence-electron chi connectivity index (χ0n) is 12.9. The maximum atomic E-state index is 12.1. The second kappa shape index (κ2) is 7.78. The largest absolute Gasteiger partial charge is 0.378 e. The Balaban J connectivity index is 0.00000220. The highest BCUT2D eigenvalue weighted by molar-refractivity contribution is 5.85. The van der Waals surface area contributed by atoms with Gasteiger partial charge >= 0.3 is 0 Å². The third-order valence-corrected chi connectivity index (χ3v) is 3.74. The molecule has 1 aromatic carbocycles. The van der Waals surface area contributed by atoms with Crippen molar-refractivity contribution in [3.8, 4) is 0 Å². The van der Waals surface area contributed by atoms with E-state index < -0.39 is 0 Å². The SMILES string of the molecule is Cc1cccc(C(C)(C)CNC(=O)C2COCCN2)c1.Cl. The van der Waals surface area contributed by atoms with Crippen LogP contribution in [0.4, 0.5) is 0 Å². The molecule has 0 saturated carbocycles. The van der Waals surface area contributed by atoms with Gasteiger partial charge in [0.1, 0.15) is 6.04 Å². The van der Waals surface area contributed by atoms with Crippen LogP contribution in [-0.2, 0) is 14.9 Å². The first-order valence-electron chi connectivity index (χ1n) is 7.15. The van der Waals surface area contributed by atoms with Crippen LogP contribution >= 0.6 is 12.4 Å². The van der Waals surface area contributed by atoms with E-state index >= 15 is 0 Å². The molecule has 0 spiro atoms. The third-order valence-electron chi connectivity index (χ3n) is 3.74. The molecule has 1 aliphatic heterocycles. The van der Waals surface area contributed by atoms with Crippen LogP contribution in [0.15, 0.2) is 24.3 Å². The smallest absolute Gasteiger partial charge is 0.239 e. The normalized spacial score (nSPS) is 18.7. The maximum Gasteiger partial charge on any atom is 0.239 e. The lowest BCUT2D eigenvalue weighted by Crippen LogP contribution is -2.52. The van der Waals surface area contributed by atoms with E-state index in [9.17, 15) is 4.79 Å². The first-order valence-corrected chi connectivity index (χ1v) is 7.15. The second-order valence-corrected chi connectivity index (χ2v) is 6.05. The van der Waals surface area contributed by atoms with Gasteiger partial charge < -0.3 is 15.4 Å². The Bertz CT molecular complexity index is 471. The molecule has 0 bridgehead atoms. The molecular formula is C16H25ClN2O2. The van der Waals surface area contributed by atoms with Gasteiger partial charge in [-0.05, 0) is 12.5 Å². The molecule has 4 nitrogen and oxygen atoms in total. The Hall–Kier alpha value is -1.10. The topological polar surface area (TPSA) is 50.4 Å². The Morgan fingerprint density at radius 2 is 2.24 bits per heavy atom. The Labute approximate surface area is 133 Å². The average Bonchev–Trinajstić information content (AvgIpc) is 2.46. The molecule has 21 heavy (non-hydrogen) atoms. The zero-order valence-corrected chi connectivity index (χ0v) is 13.8. The van der Waals surface area contributed by atoms with Gasteiger partial charge in [0.15, 0.2) is 0 Å². The van der Waals surface area contributed by atoms with E-state index in [0.29, 0.717) is 19.8 Å². The van der Waals surface area contributed by atoms with Gasteiger partial charge in [0.2, 0.25) is 5.91 Å². The number of morpholine rings is 1. The van der Waals surface area contributed by atoms with E-state index in [1.165, 1.54) is 11.1 Å². The number of carbonyl (C=O) groups is 1. The van der Waals surface area contributed by atoms with Gasteiger partial charge in [-0.25, -0.2) is 0 Å². The Morgan fingerprint density at radius 1 is 1.48 bits per heavy atom. The molecule has 0 aromatic heterocycles. The molecule has 5 heteroatoms. The summed E-state index contributed by atoms with van der Waals surface area (Å²) in [6.07, 6.45) is 0. The van der Waals surface area contributed by atoms with Gasteiger partial charge in [-0.2, -0.15) is 0 Å². The Morgan fingerprint density at radius 3 is 2.86 bits per heavy atom. The second-order valence-electron chi connectivity index (χ2n) is 6.05. The van der Waals surface area contributed by atoms with Crippen molar-refractivity contribution in [2.45, 2.75) is 32.2 Å². The van der Waals surface area contributed by atoms with Crippen molar-refractivity contribution in [1.29, 1.82) is 0 Å². The number of rotatable bonds is 4. The van der Waals surface area contributed by atoms with Crippen molar-refractivity contribution in [2.24, 2.45) is 0 Å². The highest BCUT2D eigenvalue weighted by Crippen LogP contribution is 2.23. The number of hydrogen-bond donors (Lipinski definition) is 2. The van der Waals surface area contributed by atoms with Crippen LogP contribution in [-0.4, -0.2) is 38.3 Å². The molecule has 1 atom stereocenters. The van der Waals surface area contributed by atoms with Crippen LogP contribution in [0, 0.1) is 6.92 Å². The van der Waals surface area contributed by atoms with Gasteiger partial charge in [0.05, 0.1) is 13.2 Å². The third kappa shape index (κ3) is 4.99. The van der Waals surface area contributed by atoms with Crippen LogP contribution in [0.2, 0.25) is 0 Å². The van der Waals surface area contributed by atoms with Crippen LogP contribution in [0.25, 0.3) is 0 Å². The first kappa shape index (κ1) is 18.0. The van der Waals surface area contributed by atoms with Crippen molar-refractivity contribution in [1.82, 2.24) is 10.6 Å². The summed E-state index contributed by atoms with van der Waals surface area (Å²) in [7, 11) is 0. The van der Waals surface area contributed by atoms with E-state index in [1.807, 2.05) is 0 Å². The number of aryl methyl sites for hydroxylation is 1. The molecule has 1 aromatic rings. The lowest BCUT2D eigenvalue weighted by molar-refractivity contribution is -0.126. The summed E-state index contributed by atoms with van der Waals surface area (Å²) in [6, 6.07) is 8.21. The molecule has 1 unspecified atom stereocenters. The molecule has 1 aliphatic rings. The number of ether oxygens (including phenoxy) is 1. The Kier molecular flexibility index (Phi) is 6.65. The fraction of sp³-hybridized carbons (Fsp3) is 0.562. The minimum atomic E-state index is -0.225. The van der Waals surface area contributed by atoms with E-state index in [4.69, 9.17) is 4.74 Å². The van der Waals surface area contributed by atoms with Gasteiger partial charge in [0.25, 0.3) is 0 Å².